The number of rotatable bonds is 4. The number of phenolic OH excluding ortho intramolecular Hbond substituents is 2. The molecule has 30 heavy (non-hydrogen) atoms. The van der Waals surface area contributed by atoms with E-state index in [4.69, 9.17) is 21.7 Å². The zero-order valence-corrected chi connectivity index (χ0v) is 16.7. The van der Waals surface area contributed by atoms with Crippen molar-refractivity contribution in [2.24, 2.45) is 0 Å². The van der Waals surface area contributed by atoms with E-state index in [0.29, 0.717) is 0 Å². The second-order valence-electron chi connectivity index (χ2n) is 7.17. The monoisotopic (exact) mass is 398 g/mol. The van der Waals surface area contributed by atoms with Crippen LogP contribution in [0.3, 0.4) is 0 Å². The maximum absolute atomic E-state index is 9.13. The number of hydrogen-bond donors (Lipinski definition) is 4. The average Bonchev–Trinajstić information content (AvgIpc) is 2.75. The van der Waals surface area contributed by atoms with Crippen molar-refractivity contribution in [3.8, 4) is 11.5 Å². The minimum atomic E-state index is 0.282. The summed E-state index contributed by atoms with van der Waals surface area (Å²) in [7, 11) is 0. The molecule has 0 atom stereocenters. The first-order chi connectivity index (χ1) is 14.5. The third-order valence-electron chi connectivity index (χ3n) is 4.65. The van der Waals surface area contributed by atoms with Crippen LogP contribution in [-0.2, 0) is 12.8 Å². The van der Waals surface area contributed by atoms with Crippen molar-refractivity contribution in [3.63, 3.8) is 0 Å². The molecule has 0 radical (unpaired) electrons. The van der Waals surface area contributed by atoms with Gasteiger partial charge >= 0.3 is 0 Å². The van der Waals surface area contributed by atoms with Crippen molar-refractivity contribution >= 4 is 11.4 Å². The van der Waals surface area contributed by atoms with Gasteiger partial charge in [-0.05, 0) is 83.6 Å². The lowest BCUT2D eigenvalue weighted by molar-refractivity contribution is 0.475. The predicted molar refractivity (Wildman–Crippen MR) is 124 cm³/mol. The standard InChI is InChI=1S/C13H14N2.C13H12O2/c2*14-12-5-1-10(2-6-12)9-11-3-7-13(15)8-4-11/h1-8H,9,14-15H2;1-8,14-15H,9H2. The fraction of sp³-hybridized carbons (Fsp3) is 0.0769. The Labute approximate surface area is 177 Å². The third kappa shape index (κ3) is 6.60. The van der Waals surface area contributed by atoms with Crippen molar-refractivity contribution in [3.05, 3.63) is 119 Å². The van der Waals surface area contributed by atoms with Crippen LogP contribution >= 0.6 is 0 Å². The van der Waals surface area contributed by atoms with Crippen LogP contribution in [0.2, 0.25) is 0 Å². The van der Waals surface area contributed by atoms with E-state index >= 15 is 0 Å². The number of hydrogen-bond acceptors (Lipinski definition) is 4. The van der Waals surface area contributed by atoms with Crippen molar-refractivity contribution < 1.29 is 10.2 Å². The highest BCUT2D eigenvalue weighted by Gasteiger charge is 1.97. The largest absolute Gasteiger partial charge is 0.508 e. The molecule has 0 unspecified atom stereocenters. The van der Waals surface area contributed by atoms with Gasteiger partial charge in [0.1, 0.15) is 11.5 Å². The number of nitrogen functional groups attached to an aromatic ring is 2. The van der Waals surface area contributed by atoms with Gasteiger partial charge in [0.25, 0.3) is 0 Å². The Morgan fingerprint density at radius 3 is 0.900 bits per heavy atom. The molecule has 0 bridgehead atoms. The first-order valence-electron chi connectivity index (χ1n) is 9.72. The zero-order chi connectivity index (χ0) is 21.3. The zero-order valence-electron chi connectivity index (χ0n) is 16.7. The molecule has 4 aromatic rings. The lowest BCUT2D eigenvalue weighted by Crippen LogP contribution is -1.90. The van der Waals surface area contributed by atoms with Crippen LogP contribution in [0.25, 0.3) is 0 Å². The molecule has 0 saturated heterocycles. The summed E-state index contributed by atoms with van der Waals surface area (Å²) >= 11 is 0. The van der Waals surface area contributed by atoms with Crippen LogP contribution in [0, 0.1) is 0 Å². The molecule has 0 aromatic heterocycles. The summed E-state index contributed by atoms with van der Waals surface area (Å²) in [6.07, 6.45) is 1.72. The van der Waals surface area contributed by atoms with Gasteiger partial charge in [0.05, 0.1) is 0 Å². The second kappa shape index (κ2) is 10.0. The van der Waals surface area contributed by atoms with Gasteiger partial charge in [0.15, 0.2) is 0 Å². The Balaban J connectivity index is 0.000000171. The van der Waals surface area contributed by atoms with E-state index in [1.165, 1.54) is 11.1 Å². The van der Waals surface area contributed by atoms with Crippen LogP contribution in [0.15, 0.2) is 97.1 Å². The van der Waals surface area contributed by atoms with E-state index in [1.54, 1.807) is 24.3 Å². The van der Waals surface area contributed by atoms with E-state index in [1.807, 2.05) is 72.8 Å². The highest BCUT2D eigenvalue weighted by molar-refractivity contribution is 5.43. The van der Waals surface area contributed by atoms with Gasteiger partial charge in [-0.2, -0.15) is 0 Å². The molecule has 4 rings (SSSR count). The summed E-state index contributed by atoms with van der Waals surface area (Å²) < 4.78 is 0. The van der Waals surface area contributed by atoms with Gasteiger partial charge in [0, 0.05) is 11.4 Å². The van der Waals surface area contributed by atoms with Crippen LogP contribution in [0.1, 0.15) is 22.3 Å². The molecule has 4 aromatic carbocycles. The fourth-order valence-corrected chi connectivity index (χ4v) is 2.97. The van der Waals surface area contributed by atoms with Gasteiger partial charge in [-0.15, -0.1) is 0 Å². The van der Waals surface area contributed by atoms with Crippen LogP contribution in [0.5, 0.6) is 11.5 Å². The number of nitrogens with two attached hydrogens (primary N) is 2. The highest BCUT2D eigenvalue weighted by Crippen LogP contribution is 2.16. The minimum Gasteiger partial charge on any atom is -0.508 e. The number of phenols is 2. The molecule has 0 aliphatic carbocycles. The molecule has 0 aliphatic rings. The molecule has 4 nitrogen and oxygen atoms in total. The molecule has 4 heteroatoms. The van der Waals surface area contributed by atoms with E-state index in [-0.39, 0.29) is 11.5 Å². The first-order valence-corrected chi connectivity index (χ1v) is 9.72. The lowest BCUT2D eigenvalue weighted by Gasteiger charge is -2.02. The molecule has 0 saturated carbocycles. The summed E-state index contributed by atoms with van der Waals surface area (Å²) in [5.74, 6) is 0.564. The Kier molecular flexibility index (Phi) is 6.95. The first kappa shape index (κ1) is 20.8. The quantitative estimate of drug-likeness (QED) is 0.359. The summed E-state index contributed by atoms with van der Waals surface area (Å²) in [4.78, 5) is 0. The van der Waals surface area contributed by atoms with E-state index in [0.717, 1.165) is 35.3 Å². The van der Waals surface area contributed by atoms with Crippen LogP contribution in [0.4, 0.5) is 11.4 Å². The Hall–Kier alpha value is -3.92. The number of aromatic hydroxyl groups is 2. The summed E-state index contributed by atoms with van der Waals surface area (Å²) in [5.41, 5.74) is 17.6. The molecule has 0 fully saturated rings. The van der Waals surface area contributed by atoms with E-state index in [2.05, 4.69) is 0 Å². The maximum atomic E-state index is 9.13. The topological polar surface area (TPSA) is 92.5 Å². The molecule has 0 spiro atoms. The smallest absolute Gasteiger partial charge is 0.115 e. The molecule has 0 aliphatic heterocycles. The Morgan fingerprint density at radius 1 is 0.400 bits per heavy atom. The molecular formula is C26H26N2O2. The normalized spacial score (nSPS) is 10.1. The highest BCUT2D eigenvalue weighted by atomic mass is 16.3. The van der Waals surface area contributed by atoms with Gasteiger partial charge in [-0.1, -0.05) is 48.5 Å². The second-order valence-corrected chi connectivity index (χ2v) is 7.17. The van der Waals surface area contributed by atoms with Crippen molar-refractivity contribution in [1.82, 2.24) is 0 Å². The number of anilines is 2. The van der Waals surface area contributed by atoms with Crippen molar-refractivity contribution in [2.45, 2.75) is 12.8 Å². The van der Waals surface area contributed by atoms with Gasteiger partial charge in [-0.25, -0.2) is 0 Å². The Bertz CT molecular complexity index is 864. The van der Waals surface area contributed by atoms with Crippen molar-refractivity contribution in [1.29, 1.82) is 0 Å². The lowest BCUT2D eigenvalue weighted by atomic mass is 10.0. The van der Waals surface area contributed by atoms with Gasteiger partial charge in [-0.3, -0.25) is 0 Å². The van der Waals surface area contributed by atoms with E-state index in [9.17, 15) is 0 Å². The molecular weight excluding hydrogens is 372 g/mol. The van der Waals surface area contributed by atoms with Crippen LogP contribution in [-0.4, -0.2) is 10.2 Å². The predicted octanol–water partition coefficient (Wildman–Crippen LogP) is 5.13. The van der Waals surface area contributed by atoms with Crippen molar-refractivity contribution in [2.75, 3.05) is 11.5 Å². The maximum Gasteiger partial charge on any atom is 0.115 e. The van der Waals surface area contributed by atoms with E-state index < -0.39 is 0 Å². The molecule has 0 heterocycles. The van der Waals surface area contributed by atoms with Gasteiger partial charge in [0.2, 0.25) is 0 Å². The molecule has 6 N–H and O–H groups in total. The Morgan fingerprint density at radius 2 is 0.633 bits per heavy atom. The summed E-state index contributed by atoms with van der Waals surface area (Å²) in [6, 6.07) is 30.2. The summed E-state index contributed by atoms with van der Waals surface area (Å²) in [5, 5.41) is 18.3. The molecule has 0 amide bonds. The third-order valence-corrected chi connectivity index (χ3v) is 4.65. The SMILES string of the molecule is Nc1ccc(Cc2ccc(N)cc2)cc1.Oc1ccc(Cc2ccc(O)cc2)cc1. The summed E-state index contributed by atoms with van der Waals surface area (Å²) in [6.45, 7) is 0. The number of benzene rings is 4. The fourth-order valence-electron chi connectivity index (χ4n) is 2.97. The minimum absolute atomic E-state index is 0.282. The molecule has 152 valence electrons. The van der Waals surface area contributed by atoms with Crippen LogP contribution < -0.4 is 11.5 Å². The average molecular weight is 399 g/mol. The van der Waals surface area contributed by atoms with Gasteiger partial charge < -0.3 is 21.7 Å².